The molecule has 3 N–H and O–H groups in total. The Bertz CT molecular complexity index is 1230. The van der Waals surface area contributed by atoms with E-state index in [9.17, 15) is 18.3 Å². The van der Waals surface area contributed by atoms with Gasteiger partial charge >= 0.3 is 0 Å². The van der Waals surface area contributed by atoms with E-state index in [1.54, 1.807) is 4.57 Å². The van der Waals surface area contributed by atoms with Crippen LogP contribution in [0.1, 0.15) is 42.2 Å². The predicted molar refractivity (Wildman–Crippen MR) is 111 cm³/mol. The number of nitrogens with zero attached hydrogens (tertiary/aromatic N) is 4. The fourth-order valence-corrected chi connectivity index (χ4v) is 3.90. The van der Waals surface area contributed by atoms with Crippen molar-refractivity contribution >= 4 is 28.7 Å². The molecule has 1 aromatic carbocycles. The Hall–Kier alpha value is -2.92. The predicted octanol–water partition coefficient (Wildman–Crippen LogP) is 3.66. The second-order valence-corrected chi connectivity index (χ2v) is 7.77. The Morgan fingerprint density at radius 3 is 2.72 bits per heavy atom. The molecular formula is C21H23F3N6O2. The largest absolute Gasteiger partial charge is 0.393 e. The van der Waals surface area contributed by atoms with Gasteiger partial charge in [-0.25, -0.2) is 23.1 Å². The molecule has 3 aromatic rings. The molecule has 1 saturated heterocycles. The zero-order chi connectivity index (χ0) is 24.9. The number of rotatable bonds is 5. The lowest BCUT2D eigenvalue weighted by atomic mass is 9.93. The molecule has 0 amide bonds. The van der Waals surface area contributed by atoms with Crippen LogP contribution in [0.4, 0.5) is 30.8 Å². The lowest BCUT2D eigenvalue weighted by molar-refractivity contribution is 0.126. The van der Waals surface area contributed by atoms with Gasteiger partial charge in [-0.3, -0.25) is 4.57 Å². The fourth-order valence-electron chi connectivity index (χ4n) is 3.90. The average molecular weight is 451 g/mol. The number of nitrogens with one attached hydrogen (secondary N) is 2. The van der Waals surface area contributed by atoms with Gasteiger partial charge in [0.1, 0.15) is 17.0 Å². The van der Waals surface area contributed by atoms with Gasteiger partial charge in [0.05, 0.1) is 24.9 Å². The van der Waals surface area contributed by atoms with Gasteiger partial charge in [-0.15, -0.1) is 0 Å². The Morgan fingerprint density at radius 2 is 1.97 bits per heavy atom. The van der Waals surface area contributed by atoms with Crippen molar-refractivity contribution in [2.75, 3.05) is 23.8 Å². The summed E-state index contributed by atoms with van der Waals surface area (Å²) in [7, 11) is 0. The number of imidazole rings is 1. The van der Waals surface area contributed by atoms with E-state index in [-0.39, 0.29) is 24.4 Å². The molecular weight excluding hydrogens is 425 g/mol. The molecule has 1 aliphatic carbocycles. The van der Waals surface area contributed by atoms with Crippen molar-refractivity contribution in [3.05, 3.63) is 35.8 Å². The minimum Gasteiger partial charge on any atom is -0.393 e. The van der Waals surface area contributed by atoms with Crippen LogP contribution in [-0.4, -0.2) is 50.0 Å². The van der Waals surface area contributed by atoms with Crippen LogP contribution in [-0.2, 0) is 4.74 Å². The highest BCUT2D eigenvalue weighted by Gasteiger charge is 2.27. The Kier molecular flexibility index (Phi) is 4.71. The summed E-state index contributed by atoms with van der Waals surface area (Å²) in [6.45, 7) is 0.788. The van der Waals surface area contributed by atoms with Crippen LogP contribution in [0.2, 0.25) is 0 Å². The summed E-state index contributed by atoms with van der Waals surface area (Å²) >= 11 is 0. The van der Waals surface area contributed by atoms with Crippen LogP contribution in [0, 0.1) is 17.5 Å². The molecule has 8 nitrogen and oxygen atoms in total. The fraction of sp³-hybridized carbons (Fsp3) is 0.476. The Labute approximate surface area is 186 Å². The van der Waals surface area contributed by atoms with E-state index in [1.807, 2.05) is 0 Å². The smallest absolute Gasteiger partial charge is 0.224 e. The van der Waals surface area contributed by atoms with E-state index in [0.29, 0.717) is 49.4 Å². The van der Waals surface area contributed by atoms with E-state index in [4.69, 9.17) is 8.85 Å². The van der Waals surface area contributed by atoms with Crippen molar-refractivity contribution in [1.29, 1.82) is 0 Å². The summed E-state index contributed by atoms with van der Waals surface area (Å²) < 4.78 is 73.3. The zero-order valence-electron chi connectivity index (χ0n) is 19.9. The minimum absolute atomic E-state index is 0.0712. The van der Waals surface area contributed by atoms with E-state index in [0.717, 1.165) is 0 Å². The maximum absolute atomic E-state index is 14.3. The number of halogens is 3. The number of aliphatic hydroxyl groups excluding tert-OH is 1. The highest BCUT2D eigenvalue weighted by atomic mass is 19.1. The maximum Gasteiger partial charge on any atom is 0.224 e. The zero-order valence-corrected chi connectivity index (χ0v) is 16.9. The van der Waals surface area contributed by atoms with Crippen LogP contribution in [0.5, 0.6) is 0 Å². The topological polar surface area (TPSA) is 97.1 Å². The number of fused-ring (bicyclic) bond motifs is 1. The molecule has 11 heteroatoms. The van der Waals surface area contributed by atoms with Crippen LogP contribution in [0.25, 0.3) is 11.2 Å². The first-order valence-corrected chi connectivity index (χ1v) is 10.3. The van der Waals surface area contributed by atoms with Crippen molar-refractivity contribution in [3.8, 4) is 0 Å². The summed E-state index contributed by atoms with van der Waals surface area (Å²) in [5.41, 5.74) is 0.0988. The summed E-state index contributed by atoms with van der Waals surface area (Å²) in [6, 6.07) is 0.239. The van der Waals surface area contributed by atoms with Crippen molar-refractivity contribution in [1.82, 2.24) is 19.5 Å². The van der Waals surface area contributed by atoms with Crippen LogP contribution < -0.4 is 10.6 Å². The molecule has 1 saturated carbocycles. The Morgan fingerprint density at radius 1 is 1.16 bits per heavy atom. The van der Waals surface area contributed by atoms with Crippen LogP contribution >= 0.6 is 0 Å². The monoisotopic (exact) mass is 451 g/mol. The molecule has 2 aliphatic rings. The van der Waals surface area contributed by atoms with Gasteiger partial charge in [0.2, 0.25) is 11.9 Å². The molecule has 0 bridgehead atoms. The third kappa shape index (κ3) is 4.09. The second kappa shape index (κ2) is 8.55. The summed E-state index contributed by atoms with van der Waals surface area (Å²) in [5.74, 6) is -3.09. The first kappa shape index (κ1) is 17.6. The van der Waals surface area contributed by atoms with Crippen LogP contribution in [0.15, 0.2) is 18.3 Å². The summed E-state index contributed by atoms with van der Waals surface area (Å²) in [6.07, 6.45) is -2.04. The number of aromatic nitrogens is 4. The van der Waals surface area contributed by atoms with Gasteiger partial charge in [0.25, 0.3) is 0 Å². The molecule has 32 heavy (non-hydrogen) atoms. The molecule has 4 atom stereocenters. The van der Waals surface area contributed by atoms with E-state index >= 15 is 0 Å². The number of ether oxygens (including phenoxy) is 1. The van der Waals surface area contributed by atoms with Crippen molar-refractivity contribution in [3.63, 3.8) is 0 Å². The first-order valence-electron chi connectivity index (χ1n) is 11.8. The lowest BCUT2D eigenvalue weighted by Gasteiger charge is -2.26. The van der Waals surface area contributed by atoms with Gasteiger partial charge in [-0.05, 0) is 32.0 Å². The van der Waals surface area contributed by atoms with Gasteiger partial charge in [0, 0.05) is 28.9 Å². The molecule has 170 valence electrons. The third-order valence-corrected chi connectivity index (χ3v) is 5.50. The molecule has 1 aliphatic heterocycles. The standard InChI is InChI=1S/C21H23F3N6O2/c22-11-7-15(23)18(16(24)8-11)28-21-27-17-9-25-20(26-12-1-3-14(31)4-2-12)29-19(17)30(21)13-5-6-32-10-13/h7-9,12-14,31H,1-6,10H2,(H,27,28)(H,25,26,29)/i1D,3D2. The normalized spacial score (nSPS) is 28.8. The molecule has 0 spiro atoms. The molecule has 2 fully saturated rings. The number of hydrogen-bond acceptors (Lipinski definition) is 7. The molecule has 3 heterocycles. The molecule has 0 radical (unpaired) electrons. The number of anilines is 3. The summed E-state index contributed by atoms with van der Waals surface area (Å²) in [4.78, 5) is 13.1. The van der Waals surface area contributed by atoms with Crippen molar-refractivity contribution in [2.24, 2.45) is 0 Å². The van der Waals surface area contributed by atoms with E-state index in [2.05, 4.69) is 25.6 Å². The van der Waals surface area contributed by atoms with Gasteiger partial charge in [-0.2, -0.15) is 4.98 Å². The number of aliphatic hydroxyl groups is 1. The molecule has 5 rings (SSSR count). The second-order valence-electron chi connectivity index (χ2n) is 7.77. The van der Waals surface area contributed by atoms with Crippen LogP contribution in [0.3, 0.4) is 0 Å². The Balaban J connectivity index is 1.51. The number of hydrogen-bond donors (Lipinski definition) is 3. The van der Waals surface area contributed by atoms with E-state index in [1.165, 1.54) is 6.20 Å². The van der Waals surface area contributed by atoms with Gasteiger partial charge in [-0.1, -0.05) is 0 Å². The number of benzene rings is 1. The highest BCUT2D eigenvalue weighted by Crippen LogP contribution is 2.32. The first-order chi connectivity index (χ1) is 16.6. The third-order valence-electron chi connectivity index (χ3n) is 5.50. The molecule has 4 unspecified atom stereocenters. The highest BCUT2D eigenvalue weighted by molar-refractivity contribution is 5.76. The average Bonchev–Trinajstić information content (AvgIpc) is 3.44. The van der Waals surface area contributed by atoms with Crippen molar-refractivity contribution < 1.29 is 27.1 Å². The van der Waals surface area contributed by atoms with E-state index < -0.39 is 48.1 Å². The lowest BCUT2D eigenvalue weighted by Crippen LogP contribution is -2.29. The SMILES string of the molecule is [2H]C1C(Nc2ncc3nc(Nc4c(F)cc(F)cc4F)n(C4CCOC4)c3n2)CCC(O)C1([2H])[2H]. The molecule has 2 aromatic heterocycles. The van der Waals surface area contributed by atoms with Gasteiger partial charge in [0.15, 0.2) is 17.3 Å². The minimum atomic E-state index is -2.09. The summed E-state index contributed by atoms with van der Waals surface area (Å²) in [5, 5.41) is 15.5. The van der Waals surface area contributed by atoms with Gasteiger partial charge < -0.3 is 20.5 Å². The quantitative estimate of drug-likeness (QED) is 0.545. The van der Waals surface area contributed by atoms with Crippen molar-refractivity contribution in [2.45, 2.75) is 50.2 Å². The maximum atomic E-state index is 14.3.